The molecule has 0 N–H and O–H groups in total. The van der Waals surface area contributed by atoms with Gasteiger partial charge in [-0.3, -0.25) is 0 Å². The van der Waals surface area contributed by atoms with Crippen LogP contribution >= 0.6 is 11.8 Å². The minimum atomic E-state index is -3.52. The Balaban J connectivity index is 1.66. The van der Waals surface area contributed by atoms with Gasteiger partial charge in [-0.15, -0.1) is 10.2 Å². The average molecular weight is 439 g/mol. The van der Waals surface area contributed by atoms with E-state index in [-0.39, 0.29) is 4.90 Å². The third-order valence-corrected chi connectivity index (χ3v) is 8.33. The van der Waals surface area contributed by atoms with Crippen molar-refractivity contribution in [3.8, 4) is 11.5 Å². The summed E-state index contributed by atoms with van der Waals surface area (Å²) in [6.07, 6.45) is 4.93. The number of likely N-dealkylation sites (tertiary alicyclic amines) is 1. The number of hydrogen-bond donors (Lipinski definition) is 0. The van der Waals surface area contributed by atoms with E-state index in [4.69, 9.17) is 4.42 Å². The fraction of sp³-hybridized carbons (Fsp3) is 0.600. The molecule has 160 valence electrons. The molecule has 2 heterocycles. The van der Waals surface area contributed by atoms with E-state index in [0.29, 0.717) is 35.8 Å². The second-order valence-corrected chi connectivity index (χ2v) is 10.2. The minimum absolute atomic E-state index is 0.242. The molecule has 1 aliphatic heterocycles. The predicted molar refractivity (Wildman–Crippen MR) is 115 cm³/mol. The largest absolute Gasteiger partial charge is 0.411 e. The Morgan fingerprint density at radius 2 is 2.03 bits per heavy atom. The van der Waals surface area contributed by atoms with Crippen molar-refractivity contribution >= 4 is 21.8 Å². The molecule has 0 aliphatic carbocycles. The lowest BCUT2D eigenvalue weighted by atomic mass is 10.0. The van der Waals surface area contributed by atoms with Crippen molar-refractivity contribution in [2.45, 2.75) is 55.7 Å². The Morgan fingerprint density at radius 3 is 2.76 bits per heavy atom. The molecule has 0 radical (unpaired) electrons. The molecular weight excluding hydrogens is 408 g/mol. The van der Waals surface area contributed by atoms with Gasteiger partial charge < -0.3 is 9.32 Å². The monoisotopic (exact) mass is 438 g/mol. The van der Waals surface area contributed by atoms with Gasteiger partial charge in [-0.1, -0.05) is 38.1 Å². The van der Waals surface area contributed by atoms with Gasteiger partial charge in [0.15, 0.2) is 0 Å². The van der Waals surface area contributed by atoms with Crippen LogP contribution in [-0.2, 0) is 10.0 Å². The molecule has 2 aromatic rings. The van der Waals surface area contributed by atoms with Crippen molar-refractivity contribution in [3.05, 3.63) is 24.3 Å². The lowest BCUT2D eigenvalue weighted by Gasteiger charge is -2.32. The van der Waals surface area contributed by atoms with Crippen molar-refractivity contribution in [1.29, 1.82) is 0 Å². The Labute approximate surface area is 177 Å². The molecule has 0 bridgehead atoms. The summed E-state index contributed by atoms with van der Waals surface area (Å²) < 4.78 is 32.7. The molecule has 1 unspecified atom stereocenters. The summed E-state index contributed by atoms with van der Waals surface area (Å²) >= 11 is 1.56. The quantitative estimate of drug-likeness (QED) is 0.552. The number of aromatic nitrogens is 2. The van der Waals surface area contributed by atoms with Crippen LogP contribution in [0.3, 0.4) is 0 Å². The fourth-order valence-electron chi connectivity index (χ4n) is 3.68. The standard InChI is InChI=1S/C20H30N4O3S2/c1-4-24(5-2)29(25,26)18-11-8-9-16(15-18)19-21-22-20(27-19)28-14-12-17-10-6-7-13-23(17)3/h8-9,11,15,17H,4-7,10,12-14H2,1-3H3. The highest BCUT2D eigenvalue weighted by atomic mass is 32.2. The summed E-state index contributed by atoms with van der Waals surface area (Å²) in [5.41, 5.74) is 0.615. The molecule has 1 aromatic carbocycles. The molecule has 0 saturated carbocycles. The van der Waals surface area contributed by atoms with Crippen LogP contribution < -0.4 is 0 Å². The van der Waals surface area contributed by atoms with Crippen molar-refractivity contribution in [2.75, 3.05) is 32.4 Å². The number of nitrogens with zero attached hydrogens (tertiary/aromatic N) is 4. The van der Waals surface area contributed by atoms with Crippen LogP contribution in [-0.4, -0.2) is 66.3 Å². The van der Waals surface area contributed by atoms with E-state index in [1.165, 1.54) is 30.1 Å². The summed E-state index contributed by atoms with van der Waals surface area (Å²) in [5.74, 6) is 1.27. The Kier molecular flexibility index (Phi) is 7.72. The molecule has 0 spiro atoms. The third kappa shape index (κ3) is 5.39. The first kappa shape index (κ1) is 22.3. The summed E-state index contributed by atoms with van der Waals surface area (Å²) in [6.45, 7) is 5.70. The molecule has 1 atom stereocenters. The molecule has 0 amide bonds. The van der Waals surface area contributed by atoms with Crippen LogP contribution in [0.1, 0.15) is 39.5 Å². The second-order valence-electron chi connectivity index (χ2n) is 7.26. The maximum Gasteiger partial charge on any atom is 0.276 e. The van der Waals surface area contributed by atoms with Crippen LogP contribution in [0.15, 0.2) is 38.8 Å². The molecule has 7 nitrogen and oxygen atoms in total. The fourth-order valence-corrected chi connectivity index (χ4v) is 5.98. The van der Waals surface area contributed by atoms with Crippen molar-refractivity contribution in [2.24, 2.45) is 0 Å². The Bertz CT molecular complexity index is 897. The average Bonchev–Trinajstić information content (AvgIpc) is 3.19. The number of sulfonamides is 1. The van der Waals surface area contributed by atoms with Crippen molar-refractivity contribution < 1.29 is 12.8 Å². The summed E-state index contributed by atoms with van der Waals surface area (Å²) in [5, 5.41) is 8.77. The van der Waals surface area contributed by atoms with E-state index >= 15 is 0 Å². The highest BCUT2D eigenvalue weighted by molar-refractivity contribution is 7.99. The van der Waals surface area contributed by atoms with Crippen molar-refractivity contribution in [3.63, 3.8) is 0 Å². The lowest BCUT2D eigenvalue weighted by molar-refractivity contribution is 0.182. The first-order chi connectivity index (χ1) is 14.0. The number of benzene rings is 1. The van der Waals surface area contributed by atoms with E-state index in [2.05, 4.69) is 22.1 Å². The lowest BCUT2D eigenvalue weighted by Crippen LogP contribution is -2.36. The number of hydrogen-bond acceptors (Lipinski definition) is 7. The zero-order valence-corrected chi connectivity index (χ0v) is 19.0. The summed E-state index contributed by atoms with van der Waals surface area (Å²) in [4.78, 5) is 2.68. The first-order valence-electron chi connectivity index (χ1n) is 10.2. The number of thioether (sulfide) groups is 1. The van der Waals surface area contributed by atoms with Crippen LogP contribution in [0.5, 0.6) is 0 Å². The molecule has 1 aliphatic rings. The molecule has 1 aromatic heterocycles. The number of piperidine rings is 1. The van der Waals surface area contributed by atoms with Gasteiger partial charge in [0.1, 0.15) is 0 Å². The molecule has 29 heavy (non-hydrogen) atoms. The van der Waals surface area contributed by atoms with Gasteiger partial charge in [0.05, 0.1) is 4.90 Å². The van der Waals surface area contributed by atoms with E-state index < -0.39 is 10.0 Å². The molecule has 1 saturated heterocycles. The Hall–Kier alpha value is -1.42. The third-order valence-electron chi connectivity index (χ3n) is 5.43. The normalized spacial score (nSPS) is 18.4. The maximum atomic E-state index is 12.8. The van der Waals surface area contributed by atoms with Crippen LogP contribution in [0.4, 0.5) is 0 Å². The van der Waals surface area contributed by atoms with Gasteiger partial charge in [0.2, 0.25) is 15.9 Å². The molecular formula is C20H30N4O3S2. The van der Waals surface area contributed by atoms with E-state index in [1.807, 2.05) is 13.8 Å². The second kappa shape index (κ2) is 10.1. The topological polar surface area (TPSA) is 79.5 Å². The summed E-state index contributed by atoms with van der Waals surface area (Å²) in [6, 6.07) is 7.33. The number of rotatable bonds is 9. The zero-order chi connectivity index (χ0) is 20.9. The minimum Gasteiger partial charge on any atom is -0.411 e. The van der Waals surface area contributed by atoms with Crippen LogP contribution in [0.2, 0.25) is 0 Å². The highest BCUT2D eigenvalue weighted by Gasteiger charge is 2.23. The highest BCUT2D eigenvalue weighted by Crippen LogP contribution is 2.27. The smallest absolute Gasteiger partial charge is 0.276 e. The van der Waals surface area contributed by atoms with Crippen LogP contribution in [0.25, 0.3) is 11.5 Å². The van der Waals surface area contributed by atoms with Gasteiger partial charge in [0, 0.05) is 30.4 Å². The van der Waals surface area contributed by atoms with Gasteiger partial charge in [-0.2, -0.15) is 4.31 Å². The van der Waals surface area contributed by atoms with E-state index in [1.54, 1.807) is 36.0 Å². The van der Waals surface area contributed by atoms with E-state index in [9.17, 15) is 8.42 Å². The predicted octanol–water partition coefficient (Wildman–Crippen LogP) is 3.73. The molecule has 1 fully saturated rings. The van der Waals surface area contributed by atoms with Crippen molar-refractivity contribution in [1.82, 2.24) is 19.4 Å². The Morgan fingerprint density at radius 1 is 1.24 bits per heavy atom. The SMILES string of the molecule is CCN(CC)S(=O)(=O)c1cccc(-c2nnc(SCCC3CCCCN3C)o2)c1. The van der Waals surface area contributed by atoms with Gasteiger partial charge in [-0.25, -0.2) is 8.42 Å². The molecule has 9 heteroatoms. The maximum absolute atomic E-state index is 12.8. The van der Waals surface area contributed by atoms with Gasteiger partial charge in [-0.05, 0) is 51.1 Å². The van der Waals surface area contributed by atoms with Gasteiger partial charge in [0.25, 0.3) is 5.22 Å². The molecule has 3 rings (SSSR count). The summed E-state index contributed by atoms with van der Waals surface area (Å²) in [7, 11) is -1.33. The zero-order valence-electron chi connectivity index (χ0n) is 17.4. The van der Waals surface area contributed by atoms with Crippen LogP contribution in [0, 0.1) is 0 Å². The first-order valence-corrected chi connectivity index (χ1v) is 12.7. The van der Waals surface area contributed by atoms with Gasteiger partial charge >= 0.3 is 0 Å². The van der Waals surface area contributed by atoms with E-state index in [0.717, 1.165) is 12.2 Å².